The van der Waals surface area contributed by atoms with E-state index in [1.165, 1.54) is 0 Å². The molecule has 7 heteroatoms. The molecule has 0 bridgehead atoms. The van der Waals surface area contributed by atoms with E-state index in [9.17, 15) is 0 Å². The fraction of sp³-hybridized carbons (Fsp3) is 0.348. The van der Waals surface area contributed by atoms with Crippen molar-refractivity contribution in [3.63, 3.8) is 0 Å². The number of aromatic nitrogens is 5. The number of hydrogen-bond donors (Lipinski definition) is 1. The van der Waals surface area contributed by atoms with Crippen LogP contribution >= 0.6 is 0 Å². The smallest absolute Gasteiger partial charge is 0.212 e. The van der Waals surface area contributed by atoms with E-state index in [2.05, 4.69) is 50.8 Å². The van der Waals surface area contributed by atoms with E-state index < -0.39 is 0 Å². The Labute approximate surface area is 175 Å². The van der Waals surface area contributed by atoms with Gasteiger partial charge in [0, 0.05) is 58.5 Å². The number of H-pyrrole nitrogens is 1. The molecule has 0 amide bonds. The summed E-state index contributed by atoms with van der Waals surface area (Å²) in [5.41, 5.74) is 6.24. The first kappa shape index (κ1) is 18.8. The van der Waals surface area contributed by atoms with E-state index >= 15 is 0 Å². The van der Waals surface area contributed by atoms with E-state index in [0.29, 0.717) is 11.9 Å². The third kappa shape index (κ3) is 3.35. The van der Waals surface area contributed by atoms with Crippen LogP contribution in [0.5, 0.6) is 5.88 Å². The standard InChI is InChI=1S/C23H26N6O/c1-15-21(14-29(27-15)18-6-8-28(2)9-7-18)17-10-19-20(13-26-23(19)25-12-17)16-4-5-22(30-3)24-11-16/h4-5,10-14,18H,6-9H2,1-3H3,(H,25,26). The number of piperidine rings is 1. The second-order valence-corrected chi connectivity index (χ2v) is 8.05. The average molecular weight is 403 g/mol. The van der Waals surface area contributed by atoms with Gasteiger partial charge in [0.25, 0.3) is 0 Å². The Morgan fingerprint density at radius 3 is 2.60 bits per heavy atom. The molecule has 0 aromatic carbocycles. The highest BCUT2D eigenvalue weighted by Crippen LogP contribution is 2.33. The molecule has 5 rings (SSSR count). The van der Waals surface area contributed by atoms with Gasteiger partial charge >= 0.3 is 0 Å². The van der Waals surface area contributed by atoms with Crippen molar-refractivity contribution in [1.29, 1.82) is 0 Å². The Bertz CT molecular complexity index is 1170. The van der Waals surface area contributed by atoms with Crippen LogP contribution in [-0.4, -0.2) is 56.9 Å². The predicted molar refractivity (Wildman–Crippen MR) is 118 cm³/mol. The minimum atomic E-state index is 0.471. The normalized spacial score (nSPS) is 15.7. The first-order valence-corrected chi connectivity index (χ1v) is 10.3. The van der Waals surface area contributed by atoms with Crippen molar-refractivity contribution in [2.24, 2.45) is 0 Å². The summed E-state index contributed by atoms with van der Waals surface area (Å²) in [6.45, 7) is 4.32. The van der Waals surface area contributed by atoms with Gasteiger partial charge in [-0.05, 0) is 52.0 Å². The van der Waals surface area contributed by atoms with Gasteiger partial charge in [-0.3, -0.25) is 4.68 Å². The number of methoxy groups -OCH3 is 1. The number of ether oxygens (including phenoxy) is 1. The van der Waals surface area contributed by atoms with Crippen LogP contribution in [0.2, 0.25) is 0 Å². The Balaban J connectivity index is 1.51. The van der Waals surface area contributed by atoms with Gasteiger partial charge in [0.15, 0.2) is 0 Å². The summed E-state index contributed by atoms with van der Waals surface area (Å²) in [5.74, 6) is 0.606. The SMILES string of the molecule is COc1ccc(-c2c[nH]c3ncc(-c4cn(C5CCN(C)CC5)nc4C)cc23)cn1. The van der Waals surface area contributed by atoms with Gasteiger partial charge in [0.1, 0.15) is 5.65 Å². The zero-order valence-electron chi connectivity index (χ0n) is 17.6. The number of pyridine rings is 2. The number of aryl methyl sites for hydroxylation is 1. The summed E-state index contributed by atoms with van der Waals surface area (Å²) < 4.78 is 7.34. The van der Waals surface area contributed by atoms with Crippen LogP contribution in [0.15, 0.2) is 43.0 Å². The molecule has 0 radical (unpaired) electrons. The zero-order chi connectivity index (χ0) is 20.7. The molecule has 0 aliphatic carbocycles. The van der Waals surface area contributed by atoms with E-state index in [1.54, 1.807) is 7.11 Å². The van der Waals surface area contributed by atoms with Crippen LogP contribution in [-0.2, 0) is 0 Å². The summed E-state index contributed by atoms with van der Waals surface area (Å²) in [6.07, 6.45) is 10.2. The fourth-order valence-corrected chi connectivity index (χ4v) is 4.26. The lowest BCUT2D eigenvalue weighted by molar-refractivity contribution is 0.212. The second kappa shape index (κ2) is 7.57. The van der Waals surface area contributed by atoms with E-state index in [4.69, 9.17) is 9.84 Å². The maximum Gasteiger partial charge on any atom is 0.212 e. The summed E-state index contributed by atoms with van der Waals surface area (Å²) in [6, 6.07) is 6.56. The number of likely N-dealkylation sites (tertiary alicyclic amines) is 1. The third-order valence-corrected chi connectivity index (χ3v) is 6.08. The predicted octanol–water partition coefficient (Wildman–Crippen LogP) is 4.07. The lowest BCUT2D eigenvalue weighted by Gasteiger charge is -2.29. The number of rotatable bonds is 4. The first-order chi connectivity index (χ1) is 14.6. The third-order valence-electron chi connectivity index (χ3n) is 6.08. The van der Waals surface area contributed by atoms with Crippen LogP contribution in [0.4, 0.5) is 0 Å². The molecule has 0 unspecified atom stereocenters. The van der Waals surface area contributed by atoms with Gasteiger partial charge in [-0.15, -0.1) is 0 Å². The largest absolute Gasteiger partial charge is 0.481 e. The van der Waals surface area contributed by atoms with Gasteiger partial charge in [-0.25, -0.2) is 9.97 Å². The van der Waals surface area contributed by atoms with Crippen molar-refractivity contribution in [3.05, 3.63) is 48.7 Å². The molecule has 1 fully saturated rings. The topological polar surface area (TPSA) is 71.9 Å². The van der Waals surface area contributed by atoms with E-state index in [-0.39, 0.29) is 0 Å². The number of aromatic amines is 1. The second-order valence-electron chi connectivity index (χ2n) is 8.05. The van der Waals surface area contributed by atoms with Gasteiger partial charge in [0.05, 0.1) is 18.8 Å². The molecule has 0 saturated carbocycles. The molecule has 1 saturated heterocycles. The molecule has 4 aromatic rings. The molecule has 1 aliphatic rings. The average Bonchev–Trinajstić information content (AvgIpc) is 3.37. The number of hydrogen-bond acceptors (Lipinski definition) is 5. The Morgan fingerprint density at radius 1 is 1.07 bits per heavy atom. The van der Waals surface area contributed by atoms with Gasteiger partial charge in [0.2, 0.25) is 5.88 Å². The Morgan fingerprint density at radius 2 is 1.87 bits per heavy atom. The van der Waals surface area contributed by atoms with E-state index in [0.717, 1.165) is 64.9 Å². The van der Waals surface area contributed by atoms with Gasteiger partial charge in [-0.1, -0.05) is 0 Å². The molecule has 1 N–H and O–H groups in total. The molecule has 5 heterocycles. The van der Waals surface area contributed by atoms with Crippen molar-refractivity contribution < 1.29 is 4.74 Å². The van der Waals surface area contributed by atoms with Crippen LogP contribution in [0.25, 0.3) is 33.3 Å². The maximum absolute atomic E-state index is 5.18. The van der Waals surface area contributed by atoms with Crippen molar-refractivity contribution in [2.75, 3.05) is 27.2 Å². The Hall–Kier alpha value is -3.19. The minimum absolute atomic E-state index is 0.471. The van der Waals surface area contributed by atoms with E-state index in [1.807, 2.05) is 30.7 Å². The molecule has 0 spiro atoms. The molecule has 7 nitrogen and oxygen atoms in total. The van der Waals surface area contributed by atoms with Gasteiger partial charge in [-0.2, -0.15) is 5.10 Å². The van der Waals surface area contributed by atoms with Gasteiger partial charge < -0.3 is 14.6 Å². The molecule has 4 aromatic heterocycles. The van der Waals surface area contributed by atoms with Crippen molar-refractivity contribution in [3.8, 4) is 28.1 Å². The molecular weight excluding hydrogens is 376 g/mol. The molecule has 154 valence electrons. The lowest BCUT2D eigenvalue weighted by Crippen LogP contribution is -2.31. The minimum Gasteiger partial charge on any atom is -0.481 e. The van der Waals surface area contributed by atoms with Crippen LogP contribution < -0.4 is 4.74 Å². The lowest BCUT2D eigenvalue weighted by atomic mass is 10.0. The van der Waals surface area contributed by atoms with Crippen molar-refractivity contribution >= 4 is 11.0 Å². The molecule has 0 atom stereocenters. The fourth-order valence-electron chi connectivity index (χ4n) is 4.26. The summed E-state index contributed by atoms with van der Waals surface area (Å²) in [4.78, 5) is 14.7. The van der Waals surface area contributed by atoms with Crippen molar-refractivity contribution in [2.45, 2.75) is 25.8 Å². The quantitative estimate of drug-likeness (QED) is 0.557. The van der Waals surface area contributed by atoms with Crippen LogP contribution in [0.1, 0.15) is 24.6 Å². The highest BCUT2D eigenvalue weighted by Gasteiger charge is 2.21. The highest BCUT2D eigenvalue weighted by atomic mass is 16.5. The summed E-state index contributed by atoms with van der Waals surface area (Å²) in [5, 5.41) is 5.92. The highest BCUT2D eigenvalue weighted by molar-refractivity contribution is 5.95. The van der Waals surface area contributed by atoms with Crippen molar-refractivity contribution in [1.82, 2.24) is 29.6 Å². The number of nitrogens with zero attached hydrogens (tertiary/aromatic N) is 5. The first-order valence-electron chi connectivity index (χ1n) is 10.3. The summed E-state index contributed by atoms with van der Waals surface area (Å²) in [7, 11) is 3.81. The number of nitrogens with one attached hydrogen (secondary N) is 1. The Kier molecular flexibility index (Phi) is 4.75. The van der Waals surface area contributed by atoms with Crippen LogP contribution in [0, 0.1) is 6.92 Å². The van der Waals surface area contributed by atoms with Crippen LogP contribution in [0.3, 0.4) is 0 Å². The molecule has 30 heavy (non-hydrogen) atoms. The summed E-state index contributed by atoms with van der Waals surface area (Å²) >= 11 is 0. The zero-order valence-corrected chi connectivity index (χ0v) is 17.6. The molecular formula is C23H26N6O. The molecule has 1 aliphatic heterocycles. The monoisotopic (exact) mass is 402 g/mol. The number of fused-ring (bicyclic) bond motifs is 1. The maximum atomic E-state index is 5.18.